The van der Waals surface area contributed by atoms with E-state index in [1.54, 1.807) is 10.7 Å². The molecule has 0 radical (unpaired) electrons. The number of carbonyl (C=O) groups is 1. The first kappa shape index (κ1) is 16.7. The molecule has 2 heterocycles. The number of aromatic nitrogens is 2. The van der Waals surface area contributed by atoms with Crippen molar-refractivity contribution < 1.29 is 9.18 Å². The summed E-state index contributed by atoms with van der Waals surface area (Å²) in [5, 5.41) is 5.31. The number of amides is 1. The SMILES string of the molecule is O=C1CSC(c2c(F)cccc2Cl)c2c(n(C3CCCC3)[nH]c2=O)N1. The quantitative estimate of drug-likeness (QED) is 0.830. The Bertz CT molecular complexity index is 868. The molecule has 25 heavy (non-hydrogen) atoms. The Labute approximate surface area is 152 Å². The number of nitrogens with one attached hydrogen (secondary N) is 2. The van der Waals surface area contributed by atoms with Gasteiger partial charge in [-0.2, -0.15) is 0 Å². The Morgan fingerprint density at radius 2 is 1.96 bits per heavy atom. The van der Waals surface area contributed by atoms with Gasteiger partial charge >= 0.3 is 0 Å². The van der Waals surface area contributed by atoms with Crippen molar-refractivity contribution in [1.82, 2.24) is 9.78 Å². The van der Waals surface area contributed by atoms with Crippen LogP contribution < -0.4 is 10.9 Å². The average molecular weight is 382 g/mol. The molecule has 1 saturated carbocycles. The molecule has 8 heteroatoms. The molecule has 2 aliphatic rings. The molecule has 1 unspecified atom stereocenters. The first-order valence-electron chi connectivity index (χ1n) is 8.26. The molecule has 1 aromatic heterocycles. The minimum atomic E-state index is -0.631. The lowest BCUT2D eigenvalue weighted by molar-refractivity contribution is -0.113. The highest BCUT2D eigenvalue weighted by Gasteiger charge is 2.34. The van der Waals surface area contributed by atoms with Gasteiger partial charge < -0.3 is 5.32 Å². The summed E-state index contributed by atoms with van der Waals surface area (Å²) in [5.41, 5.74) is 0.317. The maximum atomic E-state index is 14.5. The number of anilines is 1. The van der Waals surface area contributed by atoms with Crippen molar-refractivity contribution in [2.24, 2.45) is 0 Å². The van der Waals surface area contributed by atoms with Crippen molar-refractivity contribution in [3.05, 3.63) is 50.5 Å². The summed E-state index contributed by atoms with van der Waals surface area (Å²) in [6, 6.07) is 4.60. The molecule has 4 rings (SSSR count). The highest BCUT2D eigenvalue weighted by atomic mass is 35.5. The predicted octanol–water partition coefficient (Wildman–Crippen LogP) is 3.86. The molecule has 0 spiro atoms. The third-order valence-electron chi connectivity index (χ3n) is 4.82. The van der Waals surface area contributed by atoms with E-state index in [4.69, 9.17) is 11.6 Å². The van der Waals surface area contributed by atoms with E-state index in [1.807, 2.05) is 0 Å². The number of rotatable bonds is 2. The van der Waals surface area contributed by atoms with Crippen LogP contribution in [0.3, 0.4) is 0 Å². The van der Waals surface area contributed by atoms with Crippen LogP contribution in [0.15, 0.2) is 23.0 Å². The molecule has 1 aliphatic carbocycles. The maximum absolute atomic E-state index is 14.5. The zero-order chi connectivity index (χ0) is 17.6. The van der Waals surface area contributed by atoms with Crippen LogP contribution in [-0.4, -0.2) is 21.4 Å². The molecular formula is C17H17ClFN3O2S. The first-order valence-corrected chi connectivity index (χ1v) is 9.68. The zero-order valence-corrected chi connectivity index (χ0v) is 14.9. The first-order chi connectivity index (χ1) is 12.1. The van der Waals surface area contributed by atoms with Gasteiger partial charge in [0.25, 0.3) is 5.56 Å². The zero-order valence-electron chi connectivity index (χ0n) is 13.4. The van der Waals surface area contributed by atoms with Gasteiger partial charge in [-0.1, -0.05) is 30.5 Å². The van der Waals surface area contributed by atoms with Crippen molar-refractivity contribution in [2.75, 3.05) is 11.1 Å². The molecule has 5 nitrogen and oxygen atoms in total. The van der Waals surface area contributed by atoms with Crippen molar-refractivity contribution in [2.45, 2.75) is 37.0 Å². The van der Waals surface area contributed by atoms with Gasteiger partial charge in [0, 0.05) is 10.6 Å². The van der Waals surface area contributed by atoms with Crippen molar-refractivity contribution in [3.8, 4) is 0 Å². The summed E-state index contributed by atoms with van der Waals surface area (Å²) in [6.45, 7) is 0. The number of hydrogen-bond donors (Lipinski definition) is 2. The van der Waals surface area contributed by atoms with Crippen molar-refractivity contribution in [3.63, 3.8) is 0 Å². The van der Waals surface area contributed by atoms with Crippen LogP contribution in [0.4, 0.5) is 10.2 Å². The highest BCUT2D eigenvalue weighted by Crippen LogP contribution is 2.44. The number of fused-ring (bicyclic) bond motifs is 1. The monoisotopic (exact) mass is 381 g/mol. The summed E-state index contributed by atoms with van der Waals surface area (Å²) < 4.78 is 16.2. The molecule has 0 bridgehead atoms. The number of thioether (sulfide) groups is 1. The topological polar surface area (TPSA) is 66.9 Å². The number of halogens is 2. The molecule has 1 atom stereocenters. The fourth-order valence-corrected chi connectivity index (χ4v) is 5.19. The molecule has 132 valence electrons. The van der Waals surface area contributed by atoms with E-state index in [0.29, 0.717) is 11.4 Å². The molecule has 2 aromatic rings. The number of H-pyrrole nitrogens is 1. The molecule has 1 fully saturated rings. The van der Waals surface area contributed by atoms with E-state index in [0.717, 1.165) is 25.7 Å². The van der Waals surface area contributed by atoms with E-state index < -0.39 is 11.1 Å². The molecule has 1 aliphatic heterocycles. The lowest BCUT2D eigenvalue weighted by atomic mass is 10.1. The van der Waals surface area contributed by atoms with Crippen LogP contribution in [0.2, 0.25) is 5.02 Å². The molecule has 2 N–H and O–H groups in total. The second-order valence-electron chi connectivity index (χ2n) is 6.39. The maximum Gasteiger partial charge on any atom is 0.270 e. The summed E-state index contributed by atoms with van der Waals surface area (Å²) in [6.07, 6.45) is 4.08. The van der Waals surface area contributed by atoms with Gasteiger partial charge in [0.15, 0.2) is 0 Å². The van der Waals surface area contributed by atoms with Gasteiger partial charge in [-0.05, 0) is 25.0 Å². The summed E-state index contributed by atoms with van der Waals surface area (Å²) in [4.78, 5) is 24.9. The Hall–Kier alpha value is -1.73. The number of aromatic amines is 1. The third kappa shape index (κ3) is 2.89. The fraction of sp³-hybridized carbons (Fsp3) is 0.412. The Balaban J connectivity index is 1.90. The fourth-order valence-electron chi connectivity index (χ4n) is 3.67. The van der Waals surface area contributed by atoms with E-state index in [2.05, 4.69) is 10.4 Å². The van der Waals surface area contributed by atoms with Crippen LogP contribution in [-0.2, 0) is 4.79 Å². The second-order valence-corrected chi connectivity index (χ2v) is 7.89. The van der Waals surface area contributed by atoms with Crippen LogP contribution >= 0.6 is 23.4 Å². The molecule has 0 saturated heterocycles. The third-order valence-corrected chi connectivity index (χ3v) is 6.38. The Morgan fingerprint density at radius 1 is 1.20 bits per heavy atom. The summed E-state index contributed by atoms with van der Waals surface area (Å²) in [5.74, 6) is -0.0878. The minimum absolute atomic E-state index is 0.133. The molecular weight excluding hydrogens is 365 g/mol. The highest BCUT2D eigenvalue weighted by molar-refractivity contribution is 8.00. The van der Waals surface area contributed by atoms with Gasteiger partial charge in [0.05, 0.1) is 22.6 Å². The van der Waals surface area contributed by atoms with E-state index >= 15 is 0 Å². The van der Waals surface area contributed by atoms with E-state index in [1.165, 1.54) is 23.9 Å². The molecule has 1 aromatic carbocycles. The number of carbonyl (C=O) groups excluding carboxylic acids is 1. The lowest BCUT2D eigenvalue weighted by Crippen LogP contribution is -2.18. The Kier molecular flexibility index (Phi) is 4.37. The number of benzene rings is 1. The normalized spacial score (nSPS) is 21.0. The van der Waals surface area contributed by atoms with Gasteiger partial charge in [-0.3, -0.25) is 19.4 Å². The van der Waals surface area contributed by atoms with E-state index in [9.17, 15) is 14.0 Å². The standard InChI is InChI=1S/C17H17ClFN3O2S/c18-10-6-3-7-11(19)13(10)15-14-16(20-12(23)8-25-15)22(21-17(14)24)9-4-1-2-5-9/h3,6-7,9,15H,1-2,4-5,8H2,(H,20,23)(H,21,24). The van der Waals surface area contributed by atoms with Gasteiger partial charge in [-0.15, -0.1) is 11.8 Å². The number of hydrogen-bond acceptors (Lipinski definition) is 3. The van der Waals surface area contributed by atoms with Gasteiger partial charge in [0.2, 0.25) is 5.91 Å². The average Bonchev–Trinajstić information content (AvgIpc) is 3.15. The van der Waals surface area contributed by atoms with Crippen LogP contribution in [0.1, 0.15) is 48.1 Å². The Morgan fingerprint density at radius 3 is 2.68 bits per heavy atom. The smallest absolute Gasteiger partial charge is 0.270 e. The molecule has 1 amide bonds. The van der Waals surface area contributed by atoms with Gasteiger partial charge in [-0.25, -0.2) is 4.39 Å². The second kappa shape index (κ2) is 6.53. The van der Waals surface area contributed by atoms with Gasteiger partial charge in [0.1, 0.15) is 11.6 Å². The minimum Gasteiger partial charge on any atom is -0.310 e. The van der Waals surface area contributed by atoms with Crippen molar-refractivity contribution in [1.29, 1.82) is 0 Å². The number of nitrogens with zero attached hydrogens (tertiary/aromatic N) is 1. The van der Waals surface area contributed by atoms with Crippen LogP contribution in [0, 0.1) is 5.82 Å². The van der Waals surface area contributed by atoms with Crippen LogP contribution in [0.25, 0.3) is 0 Å². The summed E-state index contributed by atoms with van der Waals surface area (Å²) in [7, 11) is 0. The lowest BCUT2D eigenvalue weighted by Gasteiger charge is -2.17. The van der Waals surface area contributed by atoms with Crippen molar-refractivity contribution >= 4 is 35.1 Å². The predicted molar refractivity (Wildman–Crippen MR) is 96.9 cm³/mol. The largest absolute Gasteiger partial charge is 0.310 e. The van der Waals surface area contributed by atoms with E-state index in [-0.39, 0.29) is 33.8 Å². The van der Waals surface area contributed by atoms with Crippen LogP contribution in [0.5, 0.6) is 0 Å². The summed E-state index contributed by atoms with van der Waals surface area (Å²) >= 11 is 7.44.